The maximum atomic E-state index is 13.1. The van der Waals surface area contributed by atoms with E-state index in [-0.39, 0.29) is 12.5 Å². The van der Waals surface area contributed by atoms with Crippen molar-refractivity contribution in [1.29, 1.82) is 0 Å². The summed E-state index contributed by atoms with van der Waals surface area (Å²) in [6.45, 7) is 3.68. The predicted octanol–water partition coefficient (Wildman–Crippen LogP) is 16.8. The standard InChI is InChI=1S/C67H121NO8/c1-3-5-7-9-11-13-15-17-19-21-23-25-27-29-30-31-32-33-35-37-39-41-43-45-47-49-51-53-55-57-63(71)68-60(59-75-67-66(74)65(73)64(72)62(58-69)76-67)61(70)56-54-52-50-48-46-44-42-40-38-36-34-28-26-24-22-20-18-16-14-12-10-8-6-4-2/h5,7,11,13,17,19,23,25,46,48,54,56,60-62,64-67,69-70,72-74H,3-4,6,8-10,12,14-16,18,20-22,24,26-45,47,49-53,55,57-59H2,1-2H3,(H,68,71)/b7-5-,13-11-,19-17-,25-23-,48-46+,56-54+. The number of carbonyl (C=O) groups is 1. The van der Waals surface area contributed by atoms with E-state index in [2.05, 4.69) is 79.9 Å². The Balaban J connectivity index is 2.19. The van der Waals surface area contributed by atoms with Gasteiger partial charge in [0.2, 0.25) is 5.91 Å². The average molecular weight is 1070 g/mol. The van der Waals surface area contributed by atoms with Crippen molar-refractivity contribution in [3.8, 4) is 0 Å². The molecule has 76 heavy (non-hydrogen) atoms. The number of amides is 1. The average Bonchev–Trinajstić information content (AvgIpc) is 3.42. The number of carbonyl (C=O) groups excluding carboxylic acids is 1. The lowest BCUT2D eigenvalue weighted by Gasteiger charge is -2.40. The topological polar surface area (TPSA) is 149 Å². The van der Waals surface area contributed by atoms with Gasteiger partial charge in [-0.25, -0.2) is 0 Å². The molecule has 0 saturated carbocycles. The summed E-state index contributed by atoms with van der Waals surface area (Å²) in [5.74, 6) is -0.185. The van der Waals surface area contributed by atoms with Gasteiger partial charge in [-0.1, -0.05) is 286 Å². The van der Waals surface area contributed by atoms with Crippen LogP contribution in [0, 0.1) is 0 Å². The lowest BCUT2D eigenvalue weighted by molar-refractivity contribution is -0.302. The van der Waals surface area contributed by atoms with Crippen molar-refractivity contribution in [2.75, 3.05) is 13.2 Å². The number of aliphatic hydroxyl groups excluding tert-OH is 5. The van der Waals surface area contributed by atoms with E-state index in [1.165, 1.54) is 205 Å². The highest BCUT2D eigenvalue weighted by Gasteiger charge is 2.44. The summed E-state index contributed by atoms with van der Waals surface area (Å²) in [6.07, 6.45) is 71.3. The molecule has 9 nitrogen and oxygen atoms in total. The van der Waals surface area contributed by atoms with Crippen LogP contribution in [-0.4, -0.2) is 87.5 Å². The van der Waals surface area contributed by atoms with Crippen LogP contribution in [0.4, 0.5) is 0 Å². The Hall–Kier alpha value is -2.37. The van der Waals surface area contributed by atoms with Crippen LogP contribution in [0.5, 0.6) is 0 Å². The van der Waals surface area contributed by atoms with E-state index in [9.17, 15) is 30.3 Å². The third-order valence-corrected chi connectivity index (χ3v) is 15.0. The van der Waals surface area contributed by atoms with Gasteiger partial charge in [0.1, 0.15) is 24.4 Å². The third-order valence-electron chi connectivity index (χ3n) is 15.0. The fraction of sp³-hybridized carbons (Fsp3) is 0.806. The number of unbranched alkanes of at least 4 members (excludes halogenated alkanes) is 35. The molecule has 0 aromatic heterocycles. The van der Waals surface area contributed by atoms with Gasteiger partial charge < -0.3 is 40.3 Å². The van der Waals surface area contributed by atoms with Gasteiger partial charge in [-0.15, -0.1) is 0 Å². The molecule has 0 aromatic carbocycles. The number of ether oxygens (including phenoxy) is 2. The van der Waals surface area contributed by atoms with Crippen molar-refractivity contribution in [3.63, 3.8) is 0 Å². The second-order valence-corrected chi connectivity index (χ2v) is 22.2. The van der Waals surface area contributed by atoms with Crippen molar-refractivity contribution >= 4 is 5.91 Å². The van der Waals surface area contributed by atoms with Crippen molar-refractivity contribution in [3.05, 3.63) is 72.9 Å². The zero-order chi connectivity index (χ0) is 55.0. The summed E-state index contributed by atoms with van der Waals surface area (Å²) >= 11 is 0. The first-order valence-electron chi connectivity index (χ1n) is 32.2. The maximum absolute atomic E-state index is 13.1. The van der Waals surface area contributed by atoms with Gasteiger partial charge in [-0.2, -0.15) is 0 Å². The van der Waals surface area contributed by atoms with Crippen molar-refractivity contribution in [1.82, 2.24) is 5.32 Å². The summed E-state index contributed by atoms with van der Waals surface area (Å²) < 4.78 is 11.3. The summed E-state index contributed by atoms with van der Waals surface area (Å²) in [6, 6.07) is -0.825. The fourth-order valence-corrected chi connectivity index (χ4v) is 9.99. The van der Waals surface area contributed by atoms with E-state index < -0.39 is 49.5 Å². The van der Waals surface area contributed by atoms with Crippen LogP contribution in [0.2, 0.25) is 0 Å². The van der Waals surface area contributed by atoms with Gasteiger partial charge >= 0.3 is 0 Å². The SMILES string of the molecule is CC/C=C\C/C=C\C/C=C\C/C=C\CCCCCCCCCCCCCCCCCCC(=O)NC(COC1OC(CO)C(O)C(O)C1O)C(O)/C=C/CC/C=C/CCCCCCCCCCCCCCCCCCCC. The highest BCUT2D eigenvalue weighted by Crippen LogP contribution is 2.23. The van der Waals surface area contributed by atoms with Crippen LogP contribution in [0.1, 0.15) is 290 Å². The van der Waals surface area contributed by atoms with E-state index >= 15 is 0 Å². The molecule has 9 heteroatoms. The zero-order valence-corrected chi connectivity index (χ0v) is 49.3. The highest BCUT2D eigenvalue weighted by molar-refractivity contribution is 5.76. The molecule has 0 spiro atoms. The molecule has 0 aliphatic carbocycles. The van der Waals surface area contributed by atoms with E-state index in [1.54, 1.807) is 6.08 Å². The van der Waals surface area contributed by atoms with Gasteiger partial charge in [0.25, 0.3) is 0 Å². The van der Waals surface area contributed by atoms with E-state index in [0.717, 1.165) is 64.2 Å². The smallest absolute Gasteiger partial charge is 0.220 e. The Morgan fingerprint density at radius 1 is 0.461 bits per heavy atom. The molecule has 6 N–H and O–H groups in total. The molecule has 0 radical (unpaired) electrons. The quantitative estimate of drug-likeness (QED) is 0.0261. The van der Waals surface area contributed by atoms with Gasteiger partial charge in [0, 0.05) is 6.42 Å². The fourth-order valence-electron chi connectivity index (χ4n) is 9.99. The second-order valence-electron chi connectivity index (χ2n) is 22.2. The van der Waals surface area contributed by atoms with Crippen LogP contribution >= 0.6 is 0 Å². The number of nitrogens with one attached hydrogen (secondary N) is 1. The molecular weight excluding hydrogens is 947 g/mol. The Morgan fingerprint density at radius 3 is 1.26 bits per heavy atom. The summed E-state index contributed by atoms with van der Waals surface area (Å²) in [5, 5.41) is 54.6. The molecule has 1 amide bonds. The molecule has 7 atom stereocenters. The Morgan fingerprint density at radius 2 is 0.829 bits per heavy atom. The molecule has 0 aromatic rings. The van der Waals surface area contributed by atoms with Crippen LogP contribution in [0.3, 0.4) is 0 Å². The lowest BCUT2D eigenvalue weighted by Crippen LogP contribution is -2.60. The molecule has 1 saturated heterocycles. The van der Waals surface area contributed by atoms with E-state index in [0.29, 0.717) is 6.42 Å². The largest absolute Gasteiger partial charge is 0.394 e. The number of allylic oxidation sites excluding steroid dienone is 11. The number of aliphatic hydroxyl groups is 5. The second kappa shape index (κ2) is 55.9. The van der Waals surface area contributed by atoms with Gasteiger partial charge in [0.05, 0.1) is 25.4 Å². The third kappa shape index (κ3) is 44.5. The summed E-state index contributed by atoms with van der Waals surface area (Å²) in [5.41, 5.74) is 0. The van der Waals surface area contributed by atoms with Crippen molar-refractivity contribution in [2.45, 2.75) is 333 Å². The molecule has 1 aliphatic rings. The molecule has 7 unspecified atom stereocenters. The van der Waals surface area contributed by atoms with Crippen LogP contribution in [0.25, 0.3) is 0 Å². The molecule has 1 fully saturated rings. The minimum absolute atomic E-state index is 0.185. The van der Waals surface area contributed by atoms with Crippen molar-refractivity contribution in [2.24, 2.45) is 0 Å². The Kier molecular flexibility index (Phi) is 52.7. The first-order valence-corrected chi connectivity index (χ1v) is 32.2. The minimum atomic E-state index is -1.57. The lowest BCUT2D eigenvalue weighted by atomic mass is 9.99. The van der Waals surface area contributed by atoms with Crippen LogP contribution in [0.15, 0.2) is 72.9 Å². The molecule has 442 valence electrons. The number of rotatable bonds is 55. The monoisotopic (exact) mass is 1070 g/mol. The van der Waals surface area contributed by atoms with E-state index in [1.807, 2.05) is 6.08 Å². The summed E-state index contributed by atoms with van der Waals surface area (Å²) in [4.78, 5) is 13.1. The Labute approximate surface area is 468 Å². The highest BCUT2D eigenvalue weighted by atomic mass is 16.7. The first-order chi connectivity index (χ1) is 37.3. The molecule has 0 bridgehead atoms. The maximum Gasteiger partial charge on any atom is 0.220 e. The Bertz CT molecular complexity index is 1420. The number of hydrogen-bond acceptors (Lipinski definition) is 8. The van der Waals surface area contributed by atoms with Crippen molar-refractivity contribution < 1.29 is 39.8 Å². The first kappa shape index (κ1) is 71.6. The normalized spacial score (nSPS) is 19.3. The van der Waals surface area contributed by atoms with Crippen LogP contribution < -0.4 is 5.32 Å². The van der Waals surface area contributed by atoms with Gasteiger partial charge in [-0.05, 0) is 70.6 Å². The predicted molar refractivity (Wildman–Crippen MR) is 322 cm³/mol. The zero-order valence-electron chi connectivity index (χ0n) is 49.3. The van der Waals surface area contributed by atoms with Gasteiger partial charge in [0.15, 0.2) is 6.29 Å². The van der Waals surface area contributed by atoms with Gasteiger partial charge in [-0.3, -0.25) is 4.79 Å². The van der Waals surface area contributed by atoms with E-state index in [4.69, 9.17) is 9.47 Å². The summed E-state index contributed by atoms with van der Waals surface area (Å²) in [7, 11) is 0. The van der Waals surface area contributed by atoms with Crippen LogP contribution in [-0.2, 0) is 14.3 Å². The molecule has 1 rings (SSSR count). The molecular formula is C67H121NO8. The molecule has 1 heterocycles. The number of hydrogen-bond donors (Lipinski definition) is 6. The molecule has 1 aliphatic heterocycles. The minimum Gasteiger partial charge on any atom is -0.394 e.